The first kappa shape index (κ1) is 23.0. The Bertz CT molecular complexity index is 1180. The van der Waals surface area contributed by atoms with E-state index >= 15 is 0 Å². The lowest BCUT2D eigenvalue weighted by Gasteiger charge is -2.21. The minimum atomic E-state index is -1.29. The molecular weight excluding hydrogens is 436 g/mol. The number of aromatic nitrogens is 2. The summed E-state index contributed by atoms with van der Waals surface area (Å²) in [7, 11) is 1.59. The number of carbonyl (C=O) groups excluding carboxylic acids is 2. The number of fused-ring (bicyclic) bond motifs is 3. The SMILES string of the molecule is CCC(NC(=O)OCC1c2ccccc2-c2ccccc21)C(=O)NC(C(=O)O)c1ccnn1C. The molecule has 9 nitrogen and oxygen atoms in total. The molecule has 0 bridgehead atoms. The fraction of sp³-hybridized carbons (Fsp3) is 0.280. The molecule has 3 aromatic rings. The predicted octanol–water partition coefficient (Wildman–Crippen LogP) is 2.98. The topological polar surface area (TPSA) is 123 Å². The number of rotatable bonds is 8. The van der Waals surface area contributed by atoms with Crippen molar-refractivity contribution in [2.45, 2.75) is 31.3 Å². The summed E-state index contributed by atoms with van der Waals surface area (Å²) in [5, 5.41) is 18.5. The first-order valence-corrected chi connectivity index (χ1v) is 11.0. The lowest BCUT2D eigenvalue weighted by Crippen LogP contribution is -2.49. The summed E-state index contributed by atoms with van der Waals surface area (Å²) in [6.07, 6.45) is 0.966. The molecule has 0 fully saturated rings. The Morgan fingerprint density at radius 3 is 2.18 bits per heavy atom. The minimum Gasteiger partial charge on any atom is -0.479 e. The number of nitrogens with zero attached hydrogens (tertiary/aromatic N) is 2. The standard InChI is InChI=1S/C25H26N4O5/c1-3-20(23(30)28-22(24(31)32)21-12-13-26-29(21)2)27-25(33)34-14-19-17-10-6-4-8-15(17)16-9-5-7-11-18(16)19/h4-13,19-20,22H,3,14H2,1-2H3,(H,27,33)(H,28,30)(H,31,32). The van der Waals surface area contributed by atoms with Crippen molar-refractivity contribution in [3.8, 4) is 11.1 Å². The smallest absolute Gasteiger partial charge is 0.407 e. The number of carboxylic acid groups (broad SMARTS) is 1. The van der Waals surface area contributed by atoms with Gasteiger partial charge in [-0.25, -0.2) is 9.59 Å². The number of benzene rings is 2. The Hall–Kier alpha value is -4.14. The molecule has 2 amide bonds. The number of ether oxygens (including phenoxy) is 1. The van der Waals surface area contributed by atoms with Gasteiger partial charge in [0.05, 0.1) is 5.69 Å². The zero-order chi connectivity index (χ0) is 24.2. The van der Waals surface area contributed by atoms with Crippen LogP contribution < -0.4 is 10.6 Å². The Balaban J connectivity index is 1.40. The van der Waals surface area contributed by atoms with Crippen LogP contribution >= 0.6 is 0 Å². The van der Waals surface area contributed by atoms with E-state index in [0.29, 0.717) is 5.69 Å². The molecule has 0 spiro atoms. The van der Waals surface area contributed by atoms with Gasteiger partial charge in [-0.05, 0) is 34.7 Å². The quantitative estimate of drug-likeness (QED) is 0.473. The van der Waals surface area contributed by atoms with E-state index in [4.69, 9.17) is 4.74 Å². The normalized spacial score (nSPS) is 13.9. The molecule has 4 rings (SSSR count). The molecule has 2 unspecified atom stereocenters. The lowest BCUT2D eigenvalue weighted by molar-refractivity contribution is -0.142. The molecule has 2 atom stereocenters. The van der Waals surface area contributed by atoms with E-state index in [1.807, 2.05) is 48.5 Å². The highest BCUT2D eigenvalue weighted by atomic mass is 16.5. The zero-order valence-electron chi connectivity index (χ0n) is 18.9. The van der Waals surface area contributed by atoms with Gasteiger partial charge in [-0.1, -0.05) is 55.5 Å². The number of nitrogens with one attached hydrogen (secondary N) is 2. The number of alkyl carbamates (subject to hydrolysis) is 1. The second kappa shape index (κ2) is 9.78. The summed E-state index contributed by atoms with van der Waals surface area (Å²) in [5.74, 6) is -1.95. The second-order valence-corrected chi connectivity index (χ2v) is 8.09. The first-order chi connectivity index (χ1) is 16.4. The van der Waals surface area contributed by atoms with Crippen LogP contribution in [0.3, 0.4) is 0 Å². The molecule has 9 heteroatoms. The third-order valence-electron chi connectivity index (χ3n) is 6.05. The van der Waals surface area contributed by atoms with Crippen LogP contribution in [0.2, 0.25) is 0 Å². The van der Waals surface area contributed by atoms with Gasteiger partial charge in [0.25, 0.3) is 0 Å². The lowest BCUT2D eigenvalue weighted by atomic mass is 9.98. The first-order valence-electron chi connectivity index (χ1n) is 11.0. The predicted molar refractivity (Wildman–Crippen MR) is 124 cm³/mol. The van der Waals surface area contributed by atoms with Crippen LogP contribution in [0, 0.1) is 0 Å². The highest BCUT2D eigenvalue weighted by Gasteiger charge is 2.31. The number of amides is 2. The van der Waals surface area contributed by atoms with Crippen LogP contribution in [0.25, 0.3) is 11.1 Å². The van der Waals surface area contributed by atoms with E-state index in [-0.39, 0.29) is 18.9 Å². The van der Waals surface area contributed by atoms with Gasteiger partial charge in [0.1, 0.15) is 12.6 Å². The van der Waals surface area contributed by atoms with Crippen molar-refractivity contribution < 1.29 is 24.2 Å². The Morgan fingerprint density at radius 1 is 1.03 bits per heavy atom. The molecular formula is C25H26N4O5. The van der Waals surface area contributed by atoms with Crippen molar-refractivity contribution in [3.05, 3.63) is 77.6 Å². The van der Waals surface area contributed by atoms with Crippen LogP contribution in [0.1, 0.15) is 42.1 Å². The summed E-state index contributed by atoms with van der Waals surface area (Å²) < 4.78 is 6.88. The largest absolute Gasteiger partial charge is 0.479 e. The molecule has 0 saturated heterocycles. The van der Waals surface area contributed by atoms with Crippen molar-refractivity contribution in [2.24, 2.45) is 7.05 Å². The van der Waals surface area contributed by atoms with Crippen LogP contribution in [0.4, 0.5) is 4.79 Å². The molecule has 3 N–H and O–H groups in total. The number of aryl methyl sites for hydroxylation is 1. The fourth-order valence-corrected chi connectivity index (χ4v) is 4.31. The third kappa shape index (κ3) is 4.50. The molecule has 34 heavy (non-hydrogen) atoms. The second-order valence-electron chi connectivity index (χ2n) is 8.09. The van der Waals surface area contributed by atoms with Gasteiger partial charge in [-0.2, -0.15) is 5.10 Å². The van der Waals surface area contributed by atoms with Gasteiger partial charge in [0.15, 0.2) is 6.04 Å². The van der Waals surface area contributed by atoms with Crippen molar-refractivity contribution >= 4 is 18.0 Å². The van der Waals surface area contributed by atoms with Crippen LogP contribution in [-0.4, -0.2) is 45.5 Å². The van der Waals surface area contributed by atoms with Gasteiger partial charge in [0, 0.05) is 19.2 Å². The molecule has 1 heterocycles. The monoisotopic (exact) mass is 462 g/mol. The average molecular weight is 463 g/mol. The molecule has 1 aromatic heterocycles. The van der Waals surface area contributed by atoms with E-state index < -0.39 is 30.1 Å². The van der Waals surface area contributed by atoms with Gasteiger partial charge >= 0.3 is 12.1 Å². The van der Waals surface area contributed by atoms with Crippen LogP contribution in [0.15, 0.2) is 60.8 Å². The number of carboxylic acids is 1. The molecule has 1 aliphatic rings. The summed E-state index contributed by atoms with van der Waals surface area (Å²) >= 11 is 0. The van der Waals surface area contributed by atoms with Crippen molar-refractivity contribution in [2.75, 3.05) is 6.61 Å². The van der Waals surface area contributed by atoms with Gasteiger partial charge in [0.2, 0.25) is 5.91 Å². The Kier molecular flexibility index (Phi) is 6.62. The zero-order valence-corrected chi connectivity index (χ0v) is 18.9. The molecule has 0 radical (unpaired) electrons. The van der Waals surface area contributed by atoms with Crippen molar-refractivity contribution in [1.82, 2.24) is 20.4 Å². The summed E-state index contributed by atoms with van der Waals surface area (Å²) in [6, 6.07) is 15.3. The van der Waals surface area contributed by atoms with Crippen molar-refractivity contribution in [3.63, 3.8) is 0 Å². The summed E-state index contributed by atoms with van der Waals surface area (Å²) in [4.78, 5) is 37.0. The highest BCUT2D eigenvalue weighted by Crippen LogP contribution is 2.44. The van der Waals surface area contributed by atoms with E-state index in [0.717, 1.165) is 22.3 Å². The maximum Gasteiger partial charge on any atom is 0.407 e. The van der Waals surface area contributed by atoms with E-state index in [1.165, 1.54) is 16.9 Å². The maximum absolute atomic E-state index is 12.7. The van der Waals surface area contributed by atoms with Crippen molar-refractivity contribution in [1.29, 1.82) is 0 Å². The van der Waals surface area contributed by atoms with Crippen LogP contribution in [-0.2, 0) is 21.4 Å². The maximum atomic E-state index is 12.7. The van der Waals surface area contributed by atoms with E-state index in [1.54, 1.807) is 14.0 Å². The third-order valence-corrected chi connectivity index (χ3v) is 6.05. The number of hydrogen-bond acceptors (Lipinski definition) is 5. The average Bonchev–Trinajstić information content (AvgIpc) is 3.40. The minimum absolute atomic E-state index is 0.103. The Labute approximate surface area is 196 Å². The molecule has 2 aromatic carbocycles. The fourth-order valence-electron chi connectivity index (χ4n) is 4.31. The number of hydrogen-bond donors (Lipinski definition) is 3. The molecule has 0 aliphatic heterocycles. The van der Waals surface area contributed by atoms with E-state index in [2.05, 4.69) is 15.7 Å². The molecule has 176 valence electrons. The van der Waals surface area contributed by atoms with Gasteiger partial charge in [-0.15, -0.1) is 0 Å². The molecule has 1 aliphatic carbocycles. The van der Waals surface area contributed by atoms with Gasteiger partial charge < -0.3 is 20.5 Å². The number of carbonyl (C=O) groups is 3. The summed E-state index contributed by atoms with van der Waals surface area (Å²) in [6.45, 7) is 1.83. The summed E-state index contributed by atoms with van der Waals surface area (Å²) in [5.41, 5.74) is 4.72. The Morgan fingerprint density at radius 2 is 1.65 bits per heavy atom. The highest BCUT2D eigenvalue weighted by molar-refractivity contribution is 5.89. The van der Waals surface area contributed by atoms with E-state index in [9.17, 15) is 19.5 Å². The van der Waals surface area contributed by atoms with Crippen LogP contribution in [0.5, 0.6) is 0 Å². The van der Waals surface area contributed by atoms with Gasteiger partial charge in [-0.3, -0.25) is 9.48 Å². The number of aliphatic carboxylic acids is 1. The molecule has 0 saturated carbocycles.